The lowest BCUT2D eigenvalue weighted by atomic mass is 10.1. The van der Waals surface area contributed by atoms with Gasteiger partial charge in [0.2, 0.25) is 5.91 Å². The van der Waals surface area contributed by atoms with Crippen molar-refractivity contribution in [2.45, 2.75) is 31.7 Å². The first-order valence-electron chi connectivity index (χ1n) is 6.48. The van der Waals surface area contributed by atoms with Gasteiger partial charge in [-0.15, -0.1) is 0 Å². The van der Waals surface area contributed by atoms with E-state index < -0.39 is 0 Å². The van der Waals surface area contributed by atoms with Crippen molar-refractivity contribution in [2.24, 2.45) is 0 Å². The Morgan fingerprint density at radius 3 is 2.83 bits per heavy atom. The maximum Gasteiger partial charge on any atom is 0.220 e. The topological polar surface area (TPSA) is 41.1 Å². The Hall–Kier alpha value is -0.870. The molecule has 1 aliphatic rings. The van der Waals surface area contributed by atoms with E-state index in [1.165, 1.54) is 5.56 Å². The maximum absolute atomic E-state index is 11.8. The number of nitrogens with one attached hydrogen (secondary N) is 2. The fraction of sp³-hybridized carbons (Fsp3) is 0.500. The second-order valence-corrected chi connectivity index (χ2v) is 5.65. The molecule has 18 heavy (non-hydrogen) atoms. The number of hydrogen-bond acceptors (Lipinski definition) is 2. The quantitative estimate of drug-likeness (QED) is 0.895. The smallest absolute Gasteiger partial charge is 0.220 e. The molecule has 0 radical (unpaired) electrons. The molecule has 98 valence electrons. The molecule has 3 nitrogen and oxygen atoms in total. The molecule has 0 aromatic heterocycles. The second kappa shape index (κ2) is 6.90. The predicted octanol–water partition coefficient (Wildman–Crippen LogP) is 2.25. The van der Waals surface area contributed by atoms with Gasteiger partial charge in [-0.1, -0.05) is 28.1 Å². The van der Waals surface area contributed by atoms with Crippen LogP contribution in [0.25, 0.3) is 0 Å². The molecule has 1 aromatic carbocycles. The normalized spacial score (nSPS) is 19.5. The van der Waals surface area contributed by atoms with Crippen LogP contribution in [0.5, 0.6) is 0 Å². The van der Waals surface area contributed by atoms with Crippen LogP contribution < -0.4 is 10.6 Å². The molecule has 2 N–H and O–H groups in total. The largest absolute Gasteiger partial charge is 0.352 e. The zero-order valence-electron chi connectivity index (χ0n) is 10.4. The molecule has 0 aliphatic carbocycles. The minimum Gasteiger partial charge on any atom is -0.352 e. The minimum absolute atomic E-state index is 0.159. The van der Waals surface area contributed by atoms with E-state index in [-0.39, 0.29) is 5.91 Å². The van der Waals surface area contributed by atoms with Crippen LogP contribution in [0.3, 0.4) is 0 Å². The van der Waals surface area contributed by atoms with Crippen molar-refractivity contribution in [3.05, 3.63) is 34.3 Å². The number of carbonyl (C=O) groups excluding carboxylic acids is 1. The zero-order chi connectivity index (χ0) is 12.8. The molecule has 0 unspecified atom stereocenters. The van der Waals surface area contributed by atoms with Gasteiger partial charge in [-0.2, -0.15) is 0 Å². The first-order chi connectivity index (χ1) is 8.74. The van der Waals surface area contributed by atoms with Crippen molar-refractivity contribution >= 4 is 21.8 Å². The fourth-order valence-electron chi connectivity index (χ4n) is 2.18. The van der Waals surface area contributed by atoms with Crippen molar-refractivity contribution in [3.63, 3.8) is 0 Å². The number of benzene rings is 1. The van der Waals surface area contributed by atoms with E-state index in [1.54, 1.807) is 0 Å². The van der Waals surface area contributed by atoms with Gasteiger partial charge in [0.1, 0.15) is 0 Å². The molecule has 1 atom stereocenters. The highest BCUT2D eigenvalue weighted by atomic mass is 79.9. The van der Waals surface area contributed by atoms with Gasteiger partial charge >= 0.3 is 0 Å². The highest BCUT2D eigenvalue weighted by Gasteiger charge is 2.14. The van der Waals surface area contributed by atoms with Crippen molar-refractivity contribution < 1.29 is 4.79 Å². The van der Waals surface area contributed by atoms with Gasteiger partial charge in [-0.3, -0.25) is 4.79 Å². The molecule has 4 heteroatoms. The molecule has 2 rings (SSSR count). The lowest BCUT2D eigenvalue weighted by Gasteiger charge is -2.23. The van der Waals surface area contributed by atoms with Gasteiger partial charge in [-0.05, 0) is 43.5 Å². The summed E-state index contributed by atoms with van der Waals surface area (Å²) >= 11 is 3.41. The van der Waals surface area contributed by atoms with E-state index in [2.05, 4.69) is 38.7 Å². The van der Waals surface area contributed by atoms with E-state index in [4.69, 9.17) is 0 Å². The number of carbonyl (C=O) groups is 1. The zero-order valence-corrected chi connectivity index (χ0v) is 12.0. The standard InChI is InChI=1S/C14H19BrN2O/c15-12-6-3-11(4-7-12)5-8-14(18)17-13-2-1-9-16-10-13/h3-4,6-7,13,16H,1-2,5,8-10H2,(H,17,18)/t13-/m0/s1. The predicted molar refractivity (Wildman–Crippen MR) is 76.5 cm³/mol. The number of hydrogen-bond donors (Lipinski definition) is 2. The van der Waals surface area contributed by atoms with Crippen LogP contribution in [0.4, 0.5) is 0 Å². The lowest BCUT2D eigenvalue weighted by Crippen LogP contribution is -2.45. The Bertz CT molecular complexity index is 385. The summed E-state index contributed by atoms with van der Waals surface area (Å²) in [6.07, 6.45) is 3.62. The van der Waals surface area contributed by atoms with E-state index in [1.807, 2.05) is 12.1 Å². The lowest BCUT2D eigenvalue weighted by molar-refractivity contribution is -0.121. The van der Waals surface area contributed by atoms with Gasteiger partial charge in [0.25, 0.3) is 0 Å². The van der Waals surface area contributed by atoms with Crippen LogP contribution in [0, 0.1) is 0 Å². The molecule has 1 aromatic rings. The van der Waals surface area contributed by atoms with E-state index in [9.17, 15) is 4.79 Å². The van der Waals surface area contributed by atoms with Crippen LogP contribution in [-0.2, 0) is 11.2 Å². The number of rotatable bonds is 4. The Kier molecular flexibility index (Phi) is 5.20. The summed E-state index contributed by atoms with van der Waals surface area (Å²) in [5, 5.41) is 6.39. The van der Waals surface area contributed by atoms with Crippen molar-refractivity contribution in [1.29, 1.82) is 0 Å². The first-order valence-corrected chi connectivity index (χ1v) is 7.28. The molecular formula is C14H19BrN2O. The number of amides is 1. The molecule has 1 fully saturated rings. The number of piperidine rings is 1. The van der Waals surface area contributed by atoms with E-state index in [0.29, 0.717) is 12.5 Å². The molecule has 1 aliphatic heterocycles. The monoisotopic (exact) mass is 310 g/mol. The molecule has 1 heterocycles. The van der Waals surface area contributed by atoms with Crippen LogP contribution >= 0.6 is 15.9 Å². The van der Waals surface area contributed by atoms with Crippen LogP contribution in [0.2, 0.25) is 0 Å². The van der Waals surface area contributed by atoms with Crippen LogP contribution in [0.15, 0.2) is 28.7 Å². The Labute approximate surface area is 116 Å². The molecule has 0 saturated carbocycles. The second-order valence-electron chi connectivity index (χ2n) is 4.74. The first kappa shape index (κ1) is 13.6. The maximum atomic E-state index is 11.8. The molecule has 0 bridgehead atoms. The summed E-state index contributed by atoms with van der Waals surface area (Å²) in [6, 6.07) is 8.45. The van der Waals surface area contributed by atoms with Gasteiger partial charge in [-0.25, -0.2) is 0 Å². The van der Waals surface area contributed by atoms with Crippen LogP contribution in [0.1, 0.15) is 24.8 Å². The van der Waals surface area contributed by atoms with Gasteiger partial charge in [0, 0.05) is 23.5 Å². The number of halogens is 1. The van der Waals surface area contributed by atoms with Gasteiger partial charge < -0.3 is 10.6 Å². The molecule has 1 saturated heterocycles. The van der Waals surface area contributed by atoms with Crippen molar-refractivity contribution in [2.75, 3.05) is 13.1 Å². The van der Waals surface area contributed by atoms with Crippen LogP contribution in [-0.4, -0.2) is 25.0 Å². The van der Waals surface area contributed by atoms with Gasteiger partial charge in [0.05, 0.1) is 0 Å². The van der Waals surface area contributed by atoms with E-state index >= 15 is 0 Å². The summed E-state index contributed by atoms with van der Waals surface area (Å²) in [4.78, 5) is 11.8. The fourth-order valence-corrected chi connectivity index (χ4v) is 2.45. The Morgan fingerprint density at radius 2 is 2.17 bits per heavy atom. The molecule has 1 amide bonds. The third-order valence-electron chi connectivity index (χ3n) is 3.22. The average Bonchev–Trinajstić information content (AvgIpc) is 2.39. The summed E-state index contributed by atoms with van der Waals surface area (Å²) in [6.45, 7) is 1.98. The Morgan fingerprint density at radius 1 is 1.39 bits per heavy atom. The number of aryl methyl sites for hydroxylation is 1. The summed E-state index contributed by atoms with van der Waals surface area (Å²) < 4.78 is 1.07. The highest BCUT2D eigenvalue weighted by Crippen LogP contribution is 2.12. The highest BCUT2D eigenvalue weighted by molar-refractivity contribution is 9.10. The molecule has 0 spiro atoms. The summed E-state index contributed by atoms with van der Waals surface area (Å²) in [7, 11) is 0. The van der Waals surface area contributed by atoms with E-state index in [0.717, 1.165) is 36.8 Å². The average molecular weight is 311 g/mol. The Balaban J connectivity index is 1.72. The summed E-state index contributed by atoms with van der Waals surface area (Å²) in [5.41, 5.74) is 1.20. The third kappa shape index (κ3) is 4.42. The summed E-state index contributed by atoms with van der Waals surface area (Å²) in [5.74, 6) is 0.159. The van der Waals surface area contributed by atoms with Crippen molar-refractivity contribution in [3.8, 4) is 0 Å². The third-order valence-corrected chi connectivity index (χ3v) is 3.74. The SMILES string of the molecule is O=C(CCc1ccc(Br)cc1)N[C@H]1CCCNC1. The van der Waals surface area contributed by atoms with Gasteiger partial charge in [0.15, 0.2) is 0 Å². The molecular weight excluding hydrogens is 292 g/mol. The van der Waals surface area contributed by atoms with Crippen molar-refractivity contribution in [1.82, 2.24) is 10.6 Å². The minimum atomic E-state index is 0.159.